The predicted octanol–water partition coefficient (Wildman–Crippen LogP) is 4.80. The second-order valence-corrected chi connectivity index (χ2v) is 4.64. The highest BCUT2D eigenvalue weighted by Gasteiger charge is 2.38. The molecule has 2 aromatic rings. The number of halogens is 6. The summed E-state index contributed by atoms with van der Waals surface area (Å²) >= 11 is 0. The van der Waals surface area contributed by atoms with Crippen molar-refractivity contribution in [3.8, 4) is 22.8 Å². The van der Waals surface area contributed by atoms with Crippen molar-refractivity contribution in [2.24, 2.45) is 0 Å². The van der Waals surface area contributed by atoms with Crippen LogP contribution in [-0.2, 0) is 12.4 Å². The molecule has 0 amide bonds. The first-order valence-electron chi connectivity index (χ1n) is 6.46. The second kappa shape index (κ2) is 6.21. The van der Waals surface area contributed by atoms with Gasteiger partial charge in [0.2, 0.25) is 5.88 Å². The Bertz CT molecular complexity index is 714. The molecule has 130 valence electrons. The van der Waals surface area contributed by atoms with E-state index in [0.717, 1.165) is 26.4 Å². The Kier molecular flexibility index (Phi) is 4.63. The van der Waals surface area contributed by atoms with Gasteiger partial charge >= 0.3 is 12.4 Å². The lowest BCUT2D eigenvalue weighted by Crippen LogP contribution is -2.12. The number of ether oxygens (including phenoxy) is 2. The Morgan fingerprint density at radius 2 is 1.50 bits per heavy atom. The van der Waals surface area contributed by atoms with Gasteiger partial charge in [0.15, 0.2) is 5.69 Å². The lowest BCUT2D eigenvalue weighted by Gasteiger charge is -2.18. The van der Waals surface area contributed by atoms with Gasteiger partial charge in [-0.15, -0.1) is 0 Å². The quantitative estimate of drug-likeness (QED) is 0.744. The molecule has 0 N–H and O–H groups in total. The number of rotatable bonds is 3. The summed E-state index contributed by atoms with van der Waals surface area (Å²) in [6, 6.07) is 4.94. The average Bonchev–Trinajstić information content (AvgIpc) is 2.51. The molecule has 0 spiro atoms. The molecule has 0 fully saturated rings. The van der Waals surface area contributed by atoms with Crippen molar-refractivity contribution in [2.45, 2.75) is 12.4 Å². The van der Waals surface area contributed by atoms with Crippen LogP contribution in [0.15, 0.2) is 30.3 Å². The number of alkyl halides is 6. The lowest BCUT2D eigenvalue weighted by molar-refractivity contribution is -0.141. The van der Waals surface area contributed by atoms with E-state index in [4.69, 9.17) is 9.47 Å². The van der Waals surface area contributed by atoms with Crippen molar-refractivity contribution in [1.29, 1.82) is 0 Å². The second-order valence-electron chi connectivity index (χ2n) is 4.64. The minimum Gasteiger partial charge on any atom is -0.496 e. The molecule has 0 unspecified atom stereocenters. The summed E-state index contributed by atoms with van der Waals surface area (Å²) in [5.41, 5.74) is -3.06. The highest BCUT2D eigenvalue weighted by molar-refractivity contribution is 5.78. The van der Waals surface area contributed by atoms with Gasteiger partial charge in [0.1, 0.15) is 5.75 Å². The maximum Gasteiger partial charge on any atom is 0.433 e. The van der Waals surface area contributed by atoms with Crippen molar-refractivity contribution in [3.05, 3.63) is 41.6 Å². The Labute approximate surface area is 132 Å². The number of hydrogen-bond acceptors (Lipinski definition) is 3. The Morgan fingerprint density at radius 1 is 0.875 bits per heavy atom. The molecule has 0 saturated heterocycles. The van der Waals surface area contributed by atoms with Crippen LogP contribution in [0.5, 0.6) is 11.6 Å². The molecule has 24 heavy (non-hydrogen) atoms. The van der Waals surface area contributed by atoms with E-state index < -0.39 is 35.2 Å². The summed E-state index contributed by atoms with van der Waals surface area (Å²) in [7, 11) is 2.07. The van der Waals surface area contributed by atoms with Gasteiger partial charge in [-0.05, 0) is 6.07 Å². The maximum atomic E-state index is 13.2. The van der Waals surface area contributed by atoms with Gasteiger partial charge in [0.25, 0.3) is 0 Å². The average molecular weight is 351 g/mol. The third-order valence-electron chi connectivity index (χ3n) is 3.16. The van der Waals surface area contributed by atoms with E-state index in [-0.39, 0.29) is 11.1 Å². The van der Waals surface area contributed by atoms with Crippen molar-refractivity contribution >= 4 is 0 Å². The largest absolute Gasteiger partial charge is 0.496 e. The molecule has 1 heterocycles. The van der Waals surface area contributed by atoms with Crippen LogP contribution in [-0.4, -0.2) is 19.2 Å². The minimum atomic E-state index is -4.80. The van der Waals surface area contributed by atoms with Gasteiger partial charge in [-0.2, -0.15) is 26.3 Å². The lowest BCUT2D eigenvalue weighted by atomic mass is 9.99. The van der Waals surface area contributed by atoms with Crippen LogP contribution in [0, 0.1) is 0 Å². The highest BCUT2D eigenvalue weighted by atomic mass is 19.4. The summed E-state index contributed by atoms with van der Waals surface area (Å²) in [6.45, 7) is 0. The minimum absolute atomic E-state index is 0.305. The van der Waals surface area contributed by atoms with E-state index in [9.17, 15) is 26.3 Å². The smallest absolute Gasteiger partial charge is 0.433 e. The molecule has 9 heteroatoms. The number of pyridine rings is 1. The molecule has 0 saturated carbocycles. The van der Waals surface area contributed by atoms with Crippen LogP contribution in [0.3, 0.4) is 0 Å². The molecule has 1 aromatic carbocycles. The summed E-state index contributed by atoms with van der Waals surface area (Å²) < 4.78 is 87.8. The third kappa shape index (κ3) is 3.39. The normalized spacial score (nSPS) is 12.2. The van der Waals surface area contributed by atoms with Crippen molar-refractivity contribution in [1.82, 2.24) is 4.98 Å². The van der Waals surface area contributed by atoms with Crippen LogP contribution in [0.2, 0.25) is 0 Å². The van der Waals surface area contributed by atoms with Crippen molar-refractivity contribution in [3.63, 3.8) is 0 Å². The zero-order chi connectivity index (χ0) is 18.1. The number of aromatic nitrogens is 1. The molecule has 3 nitrogen and oxygen atoms in total. The molecule has 0 aliphatic rings. The summed E-state index contributed by atoms with van der Waals surface area (Å²) in [6.07, 6.45) is -9.52. The fourth-order valence-corrected chi connectivity index (χ4v) is 2.15. The van der Waals surface area contributed by atoms with Gasteiger partial charge in [0.05, 0.1) is 25.3 Å². The number of benzene rings is 1. The molecule has 0 radical (unpaired) electrons. The monoisotopic (exact) mass is 351 g/mol. The molecule has 0 aliphatic heterocycles. The summed E-state index contributed by atoms with van der Waals surface area (Å²) in [5, 5.41) is 0. The first-order chi connectivity index (χ1) is 11.1. The predicted molar refractivity (Wildman–Crippen MR) is 72.8 cm³/mol. The maximum absolute atomic E-state index is 13.2. The van der Waals surface area contributed by atoms with E-state index in [0.29, 0.717) is 6.07 Å². The Hall–Kier alpha value is -2.45. The fourth-order valence-electron chi connectivity index (χ4n) is 2.15. The third-order valence-corrected chi connectivity index (χ3v) is 3.16. The zero-order valence-corrected chi connectivity index (χ0v) is 12.4. The topological polar surface area (TPSA) is 31.4 Å². The molecule has 0 aliphatic carbocycles. The van der Waals surface area contributed by atoms with Crippen LogP contribution < -0.4 is 9.47 Å². The molecular weight excluding hydrogens is 340 g/mol. The summed E-state index contributed by atoms with van der Waals surface area (Å²) in [5.74, 6) is -1.04. The molecular formula is C15H11F6NO2. The van der Waals surface area contributed by atoms with E-state index in [1.165, 1.54) is 12.1 Å². The van der Waals surface area contributed by atoms with Crippen molar-refractivity contribution < 1.29 is 35.8 Å². The van der Waals surface area contributed by atoms with Gasteiger partial charge in [-0.1, -0.05) is 18.2 Å². The standard InChI is InChI=1S/C15H11F6NO2/c1-23-10-7-11(15(19,20)21)22-13(24-2)12(10)8-5-3-4-6-9(8)14(16,17)18/h3-7H,1-2H3. The number of methoxy groups -OCH3 is 2. The summed E-state index contributed by atoms with van der Waals surface area (Å²) in [4.78, 5) is 3.28. The first kappa shape index (κ1) is 17.9. The molecule has 0 atom stereocenters. The van der Waals surface area contributed by atoms with Gasteiger partial charge in [-0.3, -0.25) is 0 Å². The zero-order valence-electron chi connectivity index (χ0n) is 12.4. The van der Waals surface area contributed by atoms with E-state index in [1.807, 2.05) is 0 Å². The van der Waals surface area contributed by atoms with E-state index in [2.05, 4.69) is 4.98 Å². The van der Waals surface area contributed by atoms with Crippen LogP contribution >= 0.6 is 0 Å². The SMILES string of the molecule is COc1cc(C(F)(F)F)nc(OC)c1-c1ccccc1C(F)(F)F. The van der Waals surface area contributed by atoms with Crippen LogP contribution in [0.1, 0.15) is 11.3 Å². The van der Waals surface area contributed by atoms with E-state index in [1.54, 1.807) is 0 Å². The molecule has 2 rings (SSSR count). The van der Waals surface area contributed by atoms with E-state index >= 15 is 0 Å². The van der Waals surface area contributed by atoms with Gasteiger partial charge < -0.3 is 9.47 Å². The van der Waals surface area contributed by atoms with Crippen molar-refractivity contribution in [2.75, 3.05) is 14.2 Å². The van der Waals surface area contributed by atoms with Gasteiger partial charge in [-0.25, -0.2) is 4.98 Å². The van der Waals surface area contributed by atoms with Crippen LogP contribution in [0.4, 0.5) is 26.3 Å². The number of hydrogen-bond donors (Lipinski definition) is 0. The Balaban J connectivity index is 2.81. The highest BCUT2D eigenvalue weighted by Crippen LogP contribution is 2.45. The Morgan fingerprint density at radius 3 is 2.00 bits per heavy atom. The molecule has 1 aromatic heterocycles. The molecule has 0 bridgehead atoms. The number of nitrogens with zero attached hydrogens (tertiary/aromatic N) is 1. The van der Waals surface area contributed by atoms with Crippen LogP contribution in [0.25, 0.3) is 11.1 Å². The van der Waals surface area contributed by atoms with Gasteiger partial charge in [0, 0.05) is 11.6 Å². The fraction of sp³-hybridized carbons (Fsp3) is 0.267. The first-order valence-corrected chi connectivity index (χ1v) is 6.46.